The first kappa shape index (κ1) is 9.55. The number of halogens is 2. The summed E-state index contributed by atoms with van der Waals surface area (Å²) in [7, 11) is 0. The van der Waals surface area contributed by atoms with Gasteiger partial charge in [0.05, 0.1) is 0 Å². The summed E-state index contributed by atoms with van der Waals surface area (Å²) in [6.45, 7) is 4.09. The van der Waals surface area contributed by atoms with Crippen LogP contribution in [0.5, 0.6) is 0 Å². The van der Waals surface area contributed by atoms with Gasteiger partial charge in [-0.3, -0.25) is 0 Å². The van der Waals surface area contributed by atoms with Crippen LogP contribution in [0, 0.1) is 5.82 Å². The quantitative estimate of drug-likeness (QED) is 0.650. The average molecular weight is 269 g/mol. The molecule has 0 saturated carbocycles. The Bertz CT molecular complexity index is 495. The Labute approximate surface area is 96.1 Å². The van der Waals surface area contributed by atoms with E-state index in [1.54, 1.807) is 6.07 Å². The maximum atomic E-state index is 13.3. The highest BCUT2D eigenvalue weighted by Crippen LogP contribution is 2.55. The molecule has 3 heteroatoms. The van der Waals surface area contributed by atoms with Crippen molar-refractivity contribution in [3.63, 3.8) is 0 Å². The van der Waals surface area contributed by atoms with E-state index >= 15 is 0 Å². The molecular weight excluding hydrogens is 259 g/mol. The first-order chi connectivity index (χ1) is 7.02. The Morgan fingerprint density at radius 1 is 1.47 bits per heavy atom. The van der Waals surface area contributed by atoms with E-state index < -0.39 is 0 Å². The summed E-state index contributed by atoms with van der Waals surface area (Å²) in [5.74, 6) is -0.216. The molecule has 2 bridgehead atoms. The Morgan fingerprint density at radius 3 is 2.93 bits per heavy atom. The van der Waals surface area contributed by atoms with Gasteiger partial charge in [-0.05, 0) is 43.2 Å². The molecule has 1 nitrogen and oxygen atoms in total. The molecule has 78 valence electrons. The van der Waals surface area contributed by atoms with Gasteiger partial charge < -0.3 is 4.74 Å². The molecule has 2 atom stereocenters. The number of ether oxygens (including phenoxy) is 1. The second kappa shape index (κ2) is 2.71. The van der Waals surface area contributed by atoms with Crippen molar-refractivity contribution in [3.05, 3.63) is 45.2 Å². The van der Waals surface area contributed by atoms with Crippen LogP contribution in [0.25, 0.3) is 0 Å². The molecule has 0 aromatic heterocycles. The average Bonchev–Trinajstić information content (AvgIpc) is 2.54. The molecule has 2 aliphatic rings. The minimum atomic E-state index is -0.369. The van der Waals surface area contributed by atoms with E-state index in [1.807, 2.05) is 6.92 Å². The van der Waals surface area contributed by atoms with Gasteiger partial charge in [-0.15, -0.1) is 0 Å². The Hall–Kier alpha value is -0.670. The van der Waals surface area contributed by atoms with Gasteiger partial charge in [-0.1, -0.05) is 15.9 Å². The fourth-order valence-corrected chi connectivity index (χ4v) is 3.32. The second-order valence-electron chi connectivity index (χ2n) is 4.27. The molecule has 2 heterocycles. The maximum Gasteiger partial charge on any atom is 0.124 e. The van der Waals surface area contributed by atoms with Crippen LogP contribution in [-0.2, 0) is 10.3 Å². The summed E-state index contributed by atoms with van der Waals surface area (Å²) in [6.07, 6.45) is 1.99. The summed E-state index contributed by atoms with van der Waals surface area (Å²) in [6, 6.07) is 3.07. The van der Waals surface area contributed by atoms with Crippen molar-refractivity contribution in [1.29, 1.82) is 0 Å². The normalized spacial score (nSPS) is 31.7. The monoisotopic (exact) mass is 268 g/mol. The summed E-state index contributed by atoms with van der Waals surface area (Å²) >= 11 is 3.42. The third-order valence-corrected chi connectivity index (χ3v) is 4.01. The first-order valence-electron chi connectivity index (χ1n) is 4.88. The molecule has 0 N–H and O–H groups in total. The number of hydrogen-bond acceptors (Lipinski definition) is 1. The van der Waals surface area contributed by atoms with Gasteiger partial charge in [0.2, 0.25) is 0 Å². The molecule has 1 aromatic carbocycles. The maximum absolute atomic E-state index is 13.3. The Kier molecular flexibility index (Phi) is 1.73. The van der Waals surface area contributed by atoms with Crippen LogP contribution in [0.1, 0.15) is 31.1 Å². The standard InChI is InChI=1S/C12H10BrFO/c1-6-3-10-8-4-7(14)5-9(13)11(8)12(6,2)15-10/h3-5,10H,1-2H3. The zero-order valence-electron chi connectivity index (χ0n) is 8.47. The van der Waals surface area contributed by atoms with Crippen molar-refractivity contribution in [2.45, 2.75) is 25.6 Å². The van der Waals surface area contributed by atoms with Crippen molar-refractivity contribution < 1.29 is 9.13 Å². The number of rotatable bonds is 0. The van der Waals surface area contributed by atoms with Crippen LogP contribution in [0.2, 0.25) is 0 Å². The van der Waals surface area contributed by atoms with Crippen molar-refractivity contribution in [3.8, 4) is 0 Å². The fraction of sp³-hybridized carbons (Fsp3) is 0.333. The van der Waals surface area contributed by atoms with Gasteiger partial charge in [-0.25, -0.2) is 4.39 Å². The van der Waals surface area contributed by atoms with E-state index in [2.05, 4.69) is 28.9 Å². The Balaban J connectivity index is 2.32. The van der Waals surface area contributed by atoms with Crippen LogP contribution >= 0.6 is 15.9 Å². The third-order valence-electron chi connectivity index (χ3n) is 3.39. The first-order valence-corrected chi connectivity index (χ1v) is 5.68. The van der Waals surface area contributed by atoms with E-state index in [9.17, 15) is 4.39 Å². The van der Waals surface area contributed by atoms with Crippen molar-refractivity contribution in [2.24, 2.45) is 0 Å². The van der Waals surface area contributed by atoms with Crippen LogP contribution in [0.3, 0.4) is 0 Å². The lowest BCUT2D eigenvalue weighted by Gasteiger charge is -2.24. The summed E-state index contributed by atoms with van der Waals surface area (Å²) in [5.41, 5.74) is 2.86. The number of benzene rings is 1. The van der Waals surface area contributed by atoms with Crippen molar-refractivity contribution in [2.75, 3.05) is 0 Å². The van der Waals surface area contributed by atoms with E-state index in [1.165, 1.54) is 11.6 Å². The van der Waals surface area contributed by atoms with E-state index in [-0.39, 0.29) is 17.5 Å². The highest BCUT2D eigenvalue weighted by atomic mass is 79.9. The summed E-state index contributed by atoms with van der Waals surface area (Å²) < 4.78 is 20.0. The Morgan fingerprint density at radius 2 is 2.20 bits per heavy atom. The molecule has 0 spiro atoms. The third kappa shape index (κ3) is 1.05. The molecule has 3 rings (SSSR count). The molecule has 2 aliphatic heterocycles. The summed E-state index contributed by atoms with van der Waals surface area (Å²) in [4.78, 5) is 0. The second-order valence-corrected chi connectivity index (χ2v) is 5.13. The van der Waals surface area contributed by atoms with Crippen molar-refractivity contribution in [1.82, 2.24) is 0 Å². The lowest BCUT2D eigenvalue weighted by molar-refractivity contribution is 0.00477. The molecule has 0 saturated heterocycles. The molecular formula is C12H10BrFO. The molecule has 0 fully saturated rings. The van der Waals surface area contributed by atoms with Gasteiger partial charge in [0, 0.05) is 10.0 Å². The van der Waals surface area contributed by atoms with Gasteiger partial charge in [0.25, 0.3) is 0 Å². The minimum Gasteiger partial charge on any atom is -0.354 e. The van der Waals surface area contributed by atoms with Crippen LogP contribution in [0.15, 0.2) is 28.3 Å². The van der Waals surface area contributed by atoms with E-state index in [0.717, 1.165) is 15.6 Å². The zero-order valence-corrected chi connectivity index (χ0v) is 10.1. The molecule has 2 unspecified atom stereocenters. The smallest absolute Gasteiger partial charge is 0.124 e. The highest BCUT2D eigenvalue weighted by molar-refractivity contribution is 9.10. The predicted octanol–water partition coefficient (Wildman–Crippen LogP) is 3.83. The topological polar surface area (TPSA) is 9.23 Å². The lowest BCUT2D eigenvalue weighted by Crippen LogP contribution is -2.20. The lowest BCUT2D eigenvalue weighted by atomic mass is 9.83. The molecule has 15 heavy (non-hydrogen) atoms. The van der Waals surface area contributed by atoms with E-state index in [0.29, 0.717) is 0 Å². The summed E-state index contributed by atoms with van der Waals surface area (Å²) in [5, 5.41) is 0. The molecule has 0 radical (unpaired) electrons. The van der Waals surface area contributed by atoms with E-state index in [4.69, 9.17) is 4.74 Å². The molecule has 0 amide bonds. The van der Waals surface area contributed by atoms with Gasteiger partial charge in [-0.2, -0.15) is 0 Å². The number of hydrogen-bond donors (Lipinski definition) is 0. The van der Waals surface area contributed by atoms with Crippen molar-refractivity contribution >= 4 is 15.9 Å². The zero-order chi connectivity index (χ0) is 10.8. The SMILES string of the molecule is CC1=CC2OC1(C)c1c(Br)cc(F)cc12. The minimum absolute atomic E-state index is 0.0722. The molecule has 1 aromatic rings. The fourth-order valence-electron chi connectivity index (χ4n) is 2.50. The highest BCUT2D eigenvalue weighted by Gasteiger charge is 2.48. The van der Waals surface area contributed by atoms with Gasteiger partial charge in [0.1, 0.15) is 17.5 Å². The van der Waals surface area contributed by atoms with Crippen LogP contribution in [-0.4, -0.2) is 0 Å². The largest absolute Gasteiger partial charge is 0.354 e. The predicted molar refractivity (Wildman–Crippen MR) is 59.0 cm³/mol. The van der Waals surface area contributed by atoms with Crippen LogP contribution in [0.4, 0.5) is 4.39 Å². The van der Waals surface area contributed by atoms with Gasteiger partial charge >= 0.3 is 0 Å². The van der Waals surface area contributed by atoms with Crippen LogP contribution < -0.4 is 0 Å². The number of fused-ring (bicyclic) bond motifs is 5. The molecule has 0 aliphatic carbocycles. The van der Waals surface area contributed by atoms with Gasteiger partial charge in [0.15, 0.2) is 0 Å².